The minimum Gasteiger partial charge on any atom is -0.247 e. The smallest absolute Gasteiger partial charge is 0.0818 e. The minimum absolute atomic E-state index is 0.825. The van der Waals surface area contributed by atoms with Gasteiger partial charge in [0.05, 0.1) is 16.1 Å². The lowest BCUT2D eigenvalue weighted by Crippen LogP contribution is -1.95. The van der Waals surface area contributed by atoms with Crippen LogP contribution >= 0.6 is 11.6 Å². The van der Waals surface area contributed by atoms with Gasteiger partial charge in [-0.2, -0.15) is 0 Å². The van der Waals surface area contributed by atoms with E-state index in [0.29, 0.717) is 0 Å². The molecule has 1 nitrogen and oxygen atoms in total. The van der Waals surface area contributed by atoms with Crippen LogP contribution in [0.4, 0.5) is 0 Å². The number of aryl methyl sites for hydroxylation is 1. The van der Waals surface area contributed by atoms with E-state index in [0.717, 1.165) is 21.4 Å². The number of halogens is 1. The maximum Gasteiger partial charge on any atom is 0.0818 e. The molecule has 0 amide bonds. The molecule has 0 fully saturated rings. The summed E-state index contributed by atoms with van der Waals surface area (Å²) in [6, 6.07) is 6.11. The summed E-state index contributed by atoms with van der Waals surface area (Å²) in [7, 11) is 0. The second-order valence-corrected chi connectivity index (χ2v) is 3.56. The van der Waals surface area contributed by atoms with E-state index in [1.54, 1.807) is 0 Å². The Hall–Kier alpha value is -1.08. The van der Waals surface area contributed by atoms with Crippen LogP contribution < -0.4 is 0 Å². The summed E-state index contributed by atoms with van der Waals surface area (Å²) in [5.41, 5.74) is 3.36. The summed E-state index contributed by atoms with van der Waals surface area (Å²) < 4.78 is 0. The third kappa shape index (κ3) is 0.549. The molecule has 0 radical (unpaired) electrons. The second kappa shape index (κ2) is 1.80. The van der Waals surface area contributed by atoms with E-state index in [1.807, 2.05) is 12.1 Å². The Morgan fingerprint density at radius 1 is 1.25 bits per heavy atom. The van der Waals surface area contributed by atoms with E-state index < -0.39 is 0 Å². The molecule has 0 aliphatic rings. The van der Waals surface area contributed by atoms with Gasteiger partial charge in [-0.15, -0.1) is 0 Å². The third-order valence-electron chi connectivity index (χ3n) is 2.36. The van der Waals surface area contributed by atoms with E-state index in [2.05, 4.69) is 18.0 Å². The first-order valence-corrected chi connectivity index (χ1v) is 4.25. The zero-order valence-corrected chi connectivity index (χ0v) is 7.31. The summed E-state index contributed by atoms with van der Waals surface area (Å²) in [4.78, 5) is 4.38. The maximum atomic E-state index is 6.02. The highest BCUT2D eigenvalue weighted by molar-refractivity contribution is 6.39. The molecule has 12 heavy (non-hydrogen) atoms. The molecule has 0 unspecified atom stereocenters. The molecule has 4 rings (SSSR count). The van der Waals surface area contributed by atoms with Crippen molar-refractivity contribution in [2.45, 2.75) is 6.92 Å². The predicted octanol–water partition coefficient (Wildman–Crippen LogP) is 3.23. The first-order chi connectivity index (χ1) is 5.77. The molecular weight excluding hydrogens is 170 g/mol. The van der Waals surface area contributed by atoms with Crippen molar-refractivity contribution in [2.75, 3.05) is 0 Å². The monoisotopic (exact) mass is 175 g/mol. The van der Waals surface area contributed by atoms with Crippen molar-refractivity contribution in [2.24, 2.45) is 0 Å². The lowest BCUT2D eigenvalue weighted by Gasteiger charge is -2.13. The van der Waals surface area contributed by atoms with Gasteiger partial charge in [0.2, 0.25) is 0 Å². The average Bonchev–Trinajstić information content (AvgIpc) is 1.96. The van der Waals surface area contributed by atoms with Crippen LogP contribution in [0.25, 0.3) is 21.8 Å². The molecule has 0 saturated heterocycles. The molecule has 0 aliphatic heterocycles. The molecule has 4 bridgehead atoms. The van der Waals surface area contributed by atoms with Gasteiger partial charge in [0.15, 0.2) is 0 Å². The van der Waals surface area contributed by atoms with Crippen LogP contribution in [0.2, 0.25) is 5.02 Å². The highest BCUT2D eigenvalue weighted by Gasteiger charge is 2.15. The molecule has 0 spiro atoms. The van der Waals surface area contributed by atoms with Crippen molar-refractivity contribution in [3.8, 4) is 0 Å². The fourth-order valence-corrected chi connectivity index (χ4v) is 1.99. The van der Waals surface area contributed by atoms with E-state index in [4.69, 9.17) is 11.6 Å². The summed E-state index contributed by atoms with van der Waals surface area (Å²) in [5.74, 6) is 0. The van der Waals surface area contributed by atoms with E-state index in [1.165, 1.54) is 10.9 Å². The largest absolute Gasteiger partial charge is 0.247 e. The molecule has 2 aromatic heterocycles. The Balaban J connectivity index is 2.70. The van der Waals surface area contributed by atoms with Crippen LogP contribution in [-0.4, -0.2) is 4.98 Å². The number of fused-ring (bicyclic) bond motifs is 1. The van der Waals surface area contributed by atoms with Crippen molar-refractivity contribution in [3.05, 3.63) is 28.8 Å². The number of benzene rings is 2. The Morgan fingerprint density at radius 3 is 2.83 bits per heavy atom. The molecule has 0 aliphatic carbocycles. The molecule has 58 valence electrons. The maximum absolute atomic E-state index is 6.02. The normalized spacial score (nSPS) is 12.2. The van der Waals surface area contributed by atoms with Gasteiger partial charge in [-0.1, -0.05) is 17.7 Å². The third-order valence-corrected chi connectivity index (χ3v) is 2.68. The Labute approximate surface area is 74.6 Å². The van der Waals surface area contributed by atoms with Crippen LogP contribution in [0.5, 0.6) is 0 Å². The number of rotatable bonds is 0. The number of aromatic nitrogens is 1. The second-order valence-electron chi connectivity index (χ2n) is 3.15. The minimum atomic E-state index is 0.825. The fraction of sp³-hybridized carbons (Fsp3) is 0.100. The quantitative estimate of drug-likeness (QED) is 0.511. The molecule has 4 aromatic rings. The number of hydrogen-bond donors (Lipinski definition) is 0. The molecule has 0 atom stereocenters. The van der Waals surface area contributed by atoms with Gasteiger partial charge in [0, 0.05) is 10.8 Å². The Morgan fingerprint density at radius 2 is 2.08 bits per heavy atom. The van der Waals surface area contributed by atoms with Gasteiger partial charge in [0.1, 0.15) is 0 Å². The highest BCUT2D eigenvalue weighted by atomic mass is 35.5. The van der Waals surface area contributed by atoms with Gasteiger partial charge >= 0.3 is 0 Å². The molecule has 0 saturated carbocycles. The number of hydrogen-bond acceptors (Lipinski definition) is 1. The molecule has 2 aromatic carbocycles. The zero-order valence-electron chi connectivity index (χ0n) is 6.56. The Bertz CT molecular complexity index is 539. The summed E-state index contributed by atoms with van der Waals surface area (Å²) >= 11 is 6.02. The first-order valence-electron chi connectivity index (χ1n) is 3.87. The van der Waals surface area contributed by atoms with Crippen molar-refractivity contribution in [1.29, 1.82) is 0 Å². The van der Waals surface area contributed by atoms with Gasteiger partial charge < -0.3 is 0 Å². The van der Waals surface area contributed by atoms with Gasteiger partial charge in [0.25, 0.3) is 0 Å². The standard InChI is InChI=1S/C10H6ClN/c1-5-4-6-2-3-7(11)8-9(5)12-10(6)8/h2-4H,1H3. The SMILES string of the molecule is Cc1cc2ccc(Cl)c3c1nc23. The zero-order chi connectivity index (χ0) is 8.29. The summed E-state index contributed by atoms with van der Waals surface area (Å²) in [6.45, 7) is 2.07. The molecule has 2 heterocycles. The number of pyridine rings is 1. The molecular formula is C10H6ClN. The van der Waals surface area contributed by atoms with Crippen LogP contribution in [0.3, 0.4) is 0 Å². The van der Waals surface area contributed by atoms with E-state index >= 15 is 0 Å². The summed E-state index contributed by atoms with van der Waals surface area (Å²) in [5, 5.41) is 3.17. The number of nitrogens with zero attached hydrogens (tertiary/aromatic N) is 1. The van der Waals surface area contributed by atoms with Crippen molar-refractivity contribution >= 4 is 33.4 Å². The predicted molar refractivity (Wildman–Crippen MR) is 51.4 cm³/mol. The molecule has 2 heteroatoms. The lowest BCUT2D eigenvalue weighted by molar-refractivity contribution is 1.39. The molecule has 0 N–H and O–H groups in total. The Kier molecular flexibility index (Phi) is 0.968. The topological polar surface area (TPSA) is 12.9 Å². The van der Waals surface area contributed by atoms with Crippen LogP contribution in [0, 0.1) is 6.92 Å². The van der Waals surface area contributed by atoms with Crippen LogP contribution in [0.15, 0.2) is 18.2 Å². The van der Waals surface area contributed by atoms with Crippen molar-refractivity contribution in [1.82, 2.24) is 4.98 Å². The van der Waals surface area contributed by atoms with Crippen molar-refractivity contribution < 1.29 is 0 Å². The first kappa shape index (κ1) is 6.44. The van der Waals surface area contributed by atoms with Gasteiger partial charge in [-0.3, -0.25) is 0 Å². The highest BCUT2D eigenvalue weighted by Crippen LogP contribution is 2.37. The van der Waals surface area contributed by atoms with Crippen LogP contribution in [-0.2, 0) is 0 Å². The fourth-order valence-electron chi connectivity index (χ4n) is 1.75. The van der Waals surface area contributed by atoms with E-state index in [9.17, 15) is 0 Å². The van der Waals surface area contributed by atoms with Gasteiger partial charge in [-0.25, -0.2) is 4.98 Å². The lowest BCUT2D eigenvalue weighted by atomic mass is 10.0. The average molecular weight is 176 g/mol. The van der Waals surface area contributed by atoms with Gasteiger partial charge in [-0.05, 0) is 24.6 Å². The summed E-state index contributed by atoms with van der Waals surface area (Å²) in [6.07, 6.45) is 0. The van der Waals surface area contributed by atoms with E-state index in [-0.39, 0.29) is 0 Å². The van der Waals surface area contributed by atoms with Crippen LogP contribution in [0.1, 0.15) is 5.56 Å². The van der Waals surface area contributed by atoms with Crippen molar-refractivity contribution in [3.63, 3.8) is 0 Å².